The molecule has 4 nitrogen and oxygen atoms in total. The zero-order valence-electron chi connectivity index (χ0n) is 9.07. The third-order valence-corrected chi connectivity index (χ3v) is 1.76. The molecule has 0 radical (unpaired) electrons. The lowest BCUT2D eigenvalue weighted by molar-refractivity contribution is -0.305. The van der Waals surface area contributed by atoms with Crippen LogP contribution in [0.5, 0.6) is 0 Å². The highest BCUT2D eigenvalue weighted by atomic mass is 19.4. The van der Waals surface area contributed by atoms with Crippen LogP contribution in [-0.2, 0) is 25.7 Å². The molecule has 7 heteroatoms. The van der Waals surface area contributed by atoms with Gasteiger partial charge in [0.25, 0.3) is 0 Å². The van der Waals surface area contributed by atoms with Crippen molar-refractivity contribution in [3.8, 4) is 0 Å². The Balaban J connectivity index is 2.32. The van der Waals surface area contributed by atoms with Crippen LogP contribution in [0.4, 0.5) is 13.2 Å². The highest BCUT2D eigenvalue weighted by molar-refractivity contribution is 5.91. The Morgan fingerprint density at radius 3 is 2.22 bits per heavy atom. The van der Waals surface area contributed by atoms with Crippen molar-refractivity contribution >= 4 is 11.9 Å². The number of esters is 2. The molecule has 0 N–H and O–H groups in total. The van der Waals surface area contributed by atoms with Gasteiger partial charge in [0.15, 0.2) is 0 Å². The summed E-state index contributed by atoms with van der Waals surface area (Å²) in [5.74, 6) is -2.77. The molecular weight excluding hydrogens is 253 g/mol. The topological polar surface area (TPSA) is 52.6 Å². The maximum Gasteiger partial charge on any atom is 0.575 e. The molecule has 0 unspecified atom stereocenters. The molecule has 1 rings (SSSR count). The van der Waals surface area contributed by atoms with Crippen molar-refractivity contribution in [3.05, 3.63) is 35.9 Å². The van der Waals surface area contributed by atoms with Crippen molar-refractivity contribution in [2.45, 2.75) is 19.4 Å². The first-order valence-corrected chi connectivity index (χ1v) is 4.85. The fourth-order valence-corrected chi connectivity index (χ4v) is 1.07. The lowest BCUT2D eigenvalue weighted by Gasteiger charge is -2.07. The number of halogens is 3. The first kappa shape index (κ1) is 14.0. The van der Waals surface area contributed by atoms with Crippen molar-refractivity contribution in [3.63, 3.8) is 0 Å². The van der Waals surface area contributed by atoms with Crippen LogP contribution in [0.25, 0.3) is 0 Å². The standard InChI is InChI=1S/C11H9F3O4/c12-11(13,14)18-10(16)6-9(15)17-7-8-4-2-1-3-5-8/h1-5H,6-7H2. The van der Waals surface area contributed by atoms with E-state index >= 15 is 0 Å². The second-order valence-electron chi connectivity index (χ2n) is 3.24. The summed E-state index contributed by atoms with van der Waals surface area (Å²) in [7, 11) is 0. The summed E-state index contributed by atoms with van der Waals surface area (Å²) >= 11 is 0. The molecule has 1 aromatic rings. The zero-order chi connectivity index (χ0) is 13.6. The molecular formula is C11H9F3O4. The molecule has 98 valence electrons. The molecule has 0 aliphatic carbocycles. The monoisotopic (exact) mass is 262 g/mol. The van der Waals surface area contributed by atoms with Crippen molar-refractivity contribution in [1.29, 1.82) is 0 Å². The lowest BCUT2D eigenvalue weighted by atomic mass is 10.2. The molecule has 0 saturated heterocycles. The van der Waals surface area contributed by atoms with Crippen LogP contribution in [-0.4, -0.2) is 18.3 Å². The number of benzene rings is 1. The maximum absolute atomic E-state index is 11.6. The van der Waals surface area contributed by atoms with E-state index in [-0.39, 0.29) is 6.61 Å². The maximum atomic E-state index is 11.6. The Morgan fingerprint density at radius 2 is 1.67 bits per heavy atom. The van der Waals surface area contributed by atoms with Crippen molar-refractivity contribution in [1.82, 2.24) is 0 Å². The molecule has 0 spiro atoms. The smallest absolute Gasteiger partial charge is 0.460 e. The van der Waals surface area contributed by atoms with E-state index in [9.17, 15) is 22.8 Å². The van der Waals surface area contributed by atoms with E-state index in [2.05, 4.69) is 9.47 Å². The summed E-state index contributed by atoms with van der Waals surface area (Å²) in [4.78, 5) is 21.7. The Morgan fingerprint density at radius 1 is 1.06 bits per heavy atom. The Hall–Kier alpha value is -2.05. The number of rotatable bonds is 4. The van der Waals surface area contributed by atoms with E-state index in [1.807, 2.05) is 0 Å². The van der Waals surface area contributed by atoms with Gasteiger partial charge >= 0.3 is 18.3 Å². The number of carbonyl (C=O) groups is 2. The largest absolute Gasteiger partial charge is 0.575 e. The molecule has 0 bridgehead atoms. The van der Waals surface area contributed by atoms with E-state index < -0.39 is 24.7 Å². The summed E-state index contributed by atoms with van der Waals surface area (Å²) in [6, 6.07) is 8.51. The molecule has 0 aromatic heterocycles. The van der Waals surface area contributed by atoms with Crippen LogP contribution in [0.2, 0.25) is 0 Å². The number of carbonyl (C=O) groups excluding carboxylic acids is 2. The van der Waals surface area contributed by atoms with Crippen LogP contribution in [0.3, 0.4) is 0 Å². The summed E-state index contributed by atoms with van der Waals surface area (Å²) in [5.41, 5.74) is 0.662. The molecule has 0 fully saturated rings. The fraction of sp³-hybridized carbons (Fsp3) is 0.273. The van der Waals surface area contributed by atoms with Crippen LogP contribution in [0, 0.1) is 0 Å². The highest BCUT2D eigenvalue weighted by Gasteiger charge is 2.34. The number of hydrogen-bond acceptors (Lipinski definition) is 4. The minimum absolute atomic E-state index is 0.112. The van der Waals surface area contributed by atoms with Gasteiger partial charge < -0.3 is 9.47 Å². The molecule has 0 amide bonds. The summed E-state index contributed by atoms with van der Waals surface area (Å²) in [6.07, 6.45) is -6.16. The average molecular weight is 262 g/mol. The average Bonchev–Trinajstić information content (AvgIpc) is 2.25. The molecule has 0 atom stereocenters. The van der Waals surface area contributed by atoms with E-state index in [1.165, 1.54) is 0 Å². The summed E-state index contributed by atoms with van der Waals surface area (Å²) < 4.78 is 42.5. The normalized spacial score (nSPS) is 10.8. The van der Waals surface area contributed by atoms with Crippen molar-refractivity contribution in [2.24, 2.45) is 0 Å². The van der Waals surface area contributed by atoms with E-state index in [1.54, 1.807) is 30.3 Å². The van der Waals surface area contributed by atoms with Gasteiger partial charge in [0.2, 0.25) is 0 Å². The third-order valence-electron chi connectivity index (χ3n) is 1.76. The number of ether oxygens (including phenoxy) is 2. The predicted molar refractivity (Wildman–Crippen MR) is 53.0 cm³/mol. The minimum atomic E-state index is -5.09. The molecule has 0 saturated carbocycles. The third kappa shape index (κ3) is 5.88. The van der Waals surface area contributed by atoms with Crippen LogP contribution in [0.15, 0.2) is 30.3 Å². The number of hydrogen-bond donors (Lipinski definition) is 0. The van der Waals surface area contributed by atoms with E-state index in [4.69, 9.17) is 0 Å². The highest BCUT2D eigenvalue weighted by Crippen LogP contribution is 2.17. The van der Waals surface area contributed by atoms with Gasteiger partial charge in [-0.2, -0.15) is 0 Å². The molecule has 0 heterocycles. The Kier molecular flexibility index (Phi) is 4.70. The molecule has 0 aliphatic heterocycles. The van der Waals surface area contributed by atoms with Gasteiger partial charge in [-0.05, 0) is 5.56 Å². The molecule has 0 aliphatic rings. The second-order valence-corrected chi connectivity index (χ2v) is 3.24. The molecule has 1 aromatic carbocycles. The van der Waals surface area contributed by atoms with Crippen molar-refractivity contribution in [2.75, 3.05) is 0 Å². The zero-order valence-corrected chi connectivity index (χ0v) is 9.07. The minimum Gasteiger partial charge on any atom is -0.460 e. The van der Waals surface area contributed by atoms with Gasteiger partial charge in [-0.25, -0.2) is 0 Å². The SMILES string of the molecule is O=C(CC(=O)OC(F)(F)F)OCc1ccccc1. The Labute approximate surface area is 100 Å². The van der Waals surface area contributed by atoms with Gasteiger partial charge in [0.1, 0.15) is 13.0 Å². The first-order valence-electron chi connectivity index (χ1n) is 4.85. The summed E-state index contributed by atoms with van der Waals surface area (Å²) in [5, 5.41) is 0. The van der Waals surface area contributed by atoms with Crippen LogP contribution < -0.4 is 0 Å². The van der Waals surface area contributed by atoms with Gasteiger partial charge in [0.05, 0.1) is 0 Å². The second kappa shape index (κ2) is 6.04. The summed E-state index contributed by atoms with van der Waals surface area (Å²) in [6.45, 7) is -0.112. The Bertz CT molecular complexity index is 414. The first-order chi connectivity index (χ1) is 8.37. The van der Waals surface area contributed by atoms with Gasteiger partial charge in [-0.3, -0.25) is 9.59 Å². The quantitative estimate of drug-likeness (QED) is 0.616. The number of alkyl halides is 3. The van der Waals surface area contributed by atoms with Crippen LogP contribution in [0.1, 0.15) is 12.0 Å². The van der Waals surface area contributed by atoms with Gasteiger partial charge in [0, 0.05) is 0 Å². The molecule has 18 heavy (non-hydrogen) atoms. The van der Waals surface area contributed by atoms with Crippen LogP contribution >= 0.6 is 0 Å². The lowest BCUT2D eigenvalue weighted by Crippen LogP contribution is -2.22. The van der Waals surface area contributed by atoms with E-state index in [0.717, 1.165) is 0 Å². The van der Waals surface area contributed by atoms with Gasteiger partial charge in [-0.15, -0.1) is 13.2 Å². The fourth-order valence-electron chi connectivity index (χ4n) is 1.07. The van der Waals surface area contributed by atoms with E-state index in [0.29, 0.717) is 5.56 Å². The van der Waals surface area contributed by atoms with Crippen molar-refractivity contribution < 1.29 is 32.2 Å². The predicted octanol–water partition coefficient (Wildman–Crippen LogP) is 2.18. The van der Waals surface area contributed by atoms with Gasteiger partial charge in [-0.1, -0.05) is 30.3 Å².